The second kappa shape index (κ2) is 3.97. The predicted octanol–water partition coefficient (Wildman–Crippen LogP) is 1.46. The van der Waals surface area contributed by atoms with Gasteiger partial charge in [-0.05, 0) is 13.2 Å². The van der Waals surface area contributed by atoms with Crippen LogP contribution in [0.4, 0.5) is 0 Å². The number of hydrogen-bond donors (Lipinski definition) is 1. The summed E-state index contributed by atoms with van der Waals surface area (Å²) in [5.74, 6) is 0. The van der Waals surface area contributed by atoms with Crippen LogP contribution < -0.4 is 5.73 Å². The number of rotatable bonds is 2. The van der Waals surface area contributed by atoms with Gasteiger partial charge in [0.15, 0.2) is 0 Å². The molecule has 7 heavy (non-hydrogen) atoms. The monoisotopic (exact) mass is 231 g/mol. The van der Waals surface area contributed by atoms with Gasteiger partial charge in [0.25, 0.3) is 0 Å². The molecule has 1 unspecified atom stereocenters. The van der Waals surface area contributed by atoms with Crippen LogP contribution in [0.1, 0.15) is 6.92 Å². The second-order valence-corrected chi connectivity index (χ2v) is 4.61. The van der Waals surface area contributed by atoms with Crippen LogP contribution >= 0.6 is 34.4 Å². The normalized spacial score (nSPS) is 18.9. The van der Waals surface area contributed by atoms with E-state index in [1.54, 1.807) is 11.8 Å². The molecule has 0 aromatic heterocycles. The first-order valence-corrected chi connectivity index (χ1v) is 4.64. The summed E-state index contributed by atoms with van der Waals surface area (Å²) in [6.45, 7) is 2.02. The Hall–Kier alpha value is 1.04. The summed E-state index contributed by atoms with van der Waals surface area (Å²) in [4.78, 5) is 0. The van der Waals surface area contributed by atoms with Crippen LogP contribution in [0.25, 0.3) is 0 Å². The molecule has 0 amide bonds. The zero-order chi connectivity index (χ0) is 5.86. The molecular formula is C4H10INS. The third kappa shape index (κ3) is 3.61. The van der Waals surface area contributed by atoms with Crippen molar-refractivity contribution in [2.45, 2.75) is 16.2 Å². The van der Waals surface area contributed by atoms with Crippen LogP contribution in [-0.4, -0.2) is 15.6 Å². The van der Waals surface area contributed by atoms with Gasteiger partial charge >= 0.3 is 0 Å². The van der Waals surface area contributed by atoms with E-state index in [1.165, 1.54) is 0 Å². The lowest BCUT2D eigenvalue weighted by Crippen LogP contribution is -2.23. The Balaban J connectivity index is 3.14. The zero-order valence-corrected chi connectivity index (χ0v) is 7.49. The van der Waals surface area contributed by atoms with Gasteiger partial charge in [0.1, 0.15) is 0 Å². The maximum absolute atomic E-state index is 5.52. The van der Waals surface area contributed by atoms with E-state index in [1.807, 2.05) is 6.92 Å². The lowest BCUT2D eigenvalue weighted by atomic mass is 10.4. The van der Waals surface area contributed by atoms with Crippen LogP contribution in [0.2, 0.25) is 0 Å². The Morgan fingerprint density at radius 1 is 1.71 bits per heavy atom. The fourth-order valence-electron chi connectivity index (χ4n) is 0.215. The molecule has 2 N–H and O–H groups in total. The third-order valence-corrected chi connectivity index (χ3v) is 4.18. The highest BCUT2D eigenvalue weighted by Gasteiger charge is 2.04. The van der Waals surface area contributed by atoms with Gasteiger partial charge in [-0.1, -0.05) is 22.6 Å². The van der Waals surface area contributed by atoms with E-state index in [9.17, 15) is 0 Å². The molecular weight excluding hydrogens is 221 g/mol. The summed E-state index contributed by atoms with van der Waals surface area (Å²) in [6, 6.07) is 0.315. The molecule has 0 bridgehead atoms. The van der Waals surface area contributed by atoms with Crippen LogP contribution in [-0.2, 0) is 0 Å². The second-order valence-electron chi connectivity index (χ2n) is 1.45. The van der Waals surface area contributed by atoms with Crippen molar-refractivity contribution in [1.29, 1.82) is 0 Å². The lowest BCUT2D eigenvalue weighted by molar-refractivity contribution is 0.833. The van der Waals surface area contributed by atoms with E-state index in [4.69, 9.17) is 5.73 Å². The van der Waals surface area contributed by atoms with E-state index in [0.29, 0.717) is 9.30 Å². The maximum atomic E-state index is 5.52. The van der Waals surface area contributed by atoms with Crippen LogP contribution in [0, 0.1) is 0 Å². The Morgan fingerprint density at radius 2 is 2.14 bits per heavy atom. The third-order valence-electron chi connectivity index (χ3n) is 0.639. The van der Waals surface area contributed by atoms with Gasteiger partial charge in [-0.25, -0.2) is 0 Å². The summed E-state index contributed by atoms with van der Waals surface area (Å²) < 4.78 is 0.567. The van der Waals surface area contributed by atoms with E-state index >= 15 is 0 Å². The summed E-state index contributed by atoms with van der Waals surface area (Å²) in [6.07, 6.45) is 2.07. The Bertz CT molecular complexity index is 49.0. The topological polar surface area (TPSA) is 26.0 Å². The molecule has 0 aliphatic rings. The molecule has 2 atom stereocenters. The van der Waals surface area contributed by atoms with Gasteiger partial charge in [-0.2, -0.15) is 0 Å². The fourth-order valence-corrected chi connectivity index (χ4v) is 0.644. The van der Waals surface area contributed by atoms with Crippen molar-refractivity contribution < 1.29 is 0 Å². The van der Waals surface area contributed by atoms with Crippen LogP contribution in [0.5, 0.6) is 0 Å². The smallest absolute Gasteiger partial charge is 0.0709 e. The molecule has 0 radical (unpaired) electrons. The quantitative estimate of drug-likeness (QED) is 0.575. The molecule has 0 saturated carbocycles. The van der Waals surface area contributed by atoms with E-state index < -0.39 is 0 Å². The van der Waals surface area contributed by atoms with E-state index in [-0.39, 0.29) is 0 Å². The van der Waals surface area contributed by atoms with Gasteiger partial charge in [-0.15, -0.1) is 11.8 Å². The lowest BCUT2D eigenvalue weighted by Gasteiger charge is -2.08. The SMILES string of the molecule is CS[C@@H](I)C(C)N. The molecule has 0 aromatic carbocycles. The van der Waals surface area contributed by atoms with Gasteiger partial charge in [0, 0.05) is 6.04 Å². The molecule has 0 aliphatic carbocycles. The summed E-state index contributed by atoms with van der Waals surface area (Å²) in [5, 5.41) is 0. The van der Waals surface area contributed by atoms with Crippen molar-refractivity contribution in [2.24, 2.45) is 5.73 Å². The number of hydrogen-bond acceptors (Lipinski definition) is 2. The van der Waals surface area contributed by atoms with Crippen LogP contribution in [0.15, 0.2) is 0 Å². The molecule has 0 spiro atoms. The fraction of sp³-hybridized carbons (Fsp3) is 1.00. The Kier molecular flexibility index (Phi) is 4.56. The molecule has 0 rings (SSSR count). The Labute approximate surface area is 62.6 Å². The molecule has 0 saturated heterocycles. The summed E-state index contributed by atoms with van der Waals surface area (Å²) in [7, 11) is 0. The molecule has 0 heterocycles. The number of thioether (sulfide) groups is 1. The minimum absolute atomic E-state index is 0.315. The average molecular weight is 231 g/mol. The highest BCUT2D eigenvalue weighted by molar-refractivity contribution is 14.1. The number of halogens is 1. The largest absolute Gasteiger partial charge is 0.326 e. The van der Waals surface area contributed by atoms with E-state index in [2.05, 4.69) is 28.8 Å². The van der Waals surface area contributed by atoms with Crippen molar-refractivity contribution in [3.63, 3.8) is 0 Å². The van der Waals surface area contributed by atoms with Gasteiger partial charge in [-0.3, -0.25) is 0 Å². The van der Waals surface area contributed by atoms with Crippen molar-refractivity contribution in [1.82, 2.24) is 0 Å². The maximum Gasteiger partial charge on any atom is 0.0709 e. The van der Waals surface area contributed by atoms with E-state index in [0.717, 1.165) is 0 Å². The van der Waals surface area contributed by atoms with Crippen molar-refractivity contribution in [3.8, 4) is 0 Å². The van der Waals surface area contributed by atoms with Gasteiger partial charge in [0.2, 0.25) is 0 Å². The molecule has 3 heteroatoms. The summed E-state index contributed by atoms with van der Waals surface area (Å²) >= 11 is 4.13. The zero-order valence-electron chi connectivity index (χ0n) is 4.52. The summed E-state index contributed by atoms with van der Waals surface area (Å²) in [5.41, 5.74) is 5.52. The van der Waals surface area contributed by atoms with Crippen LogP contribution in [0.3, 0.4) is 0 Å². The van der Waals surface area contributed by atoms with Crippen molar-refractivity contribution >= 4 is 34.4 Å². The average Bonchev–Trinajstić information content (AvgIpc) is 1.65. The first-order chi connectivity index (χ1) is 3.18. The highest BCUT2D eigenvalue weighted by Crippen LogP contribution is 2.16. The Morgan fingerprint density at radius 3 is 2.14 bits per heavy atom. The predicted molar refractivity (Wildman–Crippen MR) is 45.0 cm³/mol. The number of nitrogens with two attached hydrogens (primary N) is 1. The number of alkyl halides is 1. The van der Waals surface area contributed by atoms with Crippen molar-refractivity contribution in [2.75, 3.05) is 6.26 Å². The molecule has 0 aromatic rings. The highest BCUT2D eigenvalue weighted by atomic mass is 127. The first-order valence-electron chi connectivity index (χ1n) is 2.11. The molecule has 0 aliphatic heterocycles. The standard InChI is InChI=1S/C4H10INS/c1-3(6)4(5)7-2/h3-4H,6H2,1-2H3/t3?,4-/m1/s1. The minimum atomic E-state index is 0.315. The van der Waals surface area contributed by atoms with Gasteiger partial charge < -0.3 is 5.73 Å². The molecule has 44 valence electrons. The molecule has 1 nitrogen and oxygen atoms in total. The molecule has 0 fully saturated rings. The minimum Gasteiger partial charge on any atom is -0.326 e. The first kappa shape index (κ1) is 8.04. The van der Waals surface area contributed by atoms with Gasteiger partial charge in [0.05, 0.1) is 3.26 Å². The van der Waals surface area contributed by atoms with Crippen molar-refractivity contribution in [3.05, 3.63) is 0 Å².